The van der Waals surface area contributed by atoms with Gasteiger partial charge in [-0.2, -0.15) is 0 Å². The van der Waals surface area contributed by atoms with E-state index in [4.69, 9.17) is 14.2 Å². The Labute approximate surface area is 226 Å². The van der Waals surface area contributed by atoms with E-state index in [0.717, 1.165) is 21.4 Å². The van der Waals surface area contributed by atoms with Crippen LogP contribution in [0.15, 0.2) is 113 Å². The molecular weight excluding hydrogens is 498 g/mol. The maximum absolute atomic E-state index is 11.3. The highest BCUT2D eigenvalue weighted by Gasteiger charge is 2.46. The van der Waals surface area contributed by atoms with Crippen molar-refractivity contribution in [3.05, 3.63) is 125 Å². The molecule has 5 atom stereocenters. The maximum Gasteiger partial charge on any atom is 0.119 e. The molecule has 0 saturated carbocycles. The van der Waals surface area contributed by atoms with Crippen molar-refractivity contribution in [1.29, 1.82) is 0 Å². The summed E-state index contributed by atoms with van der Waals surface area (Å²) in [5.74, 6) is 0. The summed E-state index contributed by atoms with van der Waals surface area (Å²) in [6.07, 6.45) is -2.48. The molecule has 1 N–H and O–H groups in total. The van der Waals surface area contributed by atoms with Crippen LogP contribution >= 0.6 is 11.8 Å². The van der Waals surface area contributed by atoms with Gasteiger partial charge in [0.05, 0.1) is 25.9 Å². The lowest BCUT2D eigenvalue weighted by Crippen LogP contribution is -2.57. The summed E-state index contributed by atoms with van der Waals surface area (Å²) in [7, 11) is 0. The van der Waals surface area contributed by atoms with Crippen molar-refractivity contribution in [2.24, 2.45) is 5.11 Å². The smallest absolute Gasteiger partial charge is 0.119 e. The number of ether oxygens (including phenoxy) is 3. The van der Waals surface area contributed by atoms with Gasteiger partial charge >= 0.3 is 0 Å². The van der Waals surface area contributed by atoms with Crippen LogP contribution in [0.4, 0.5) is 0 Å². The van der Waals surface area contributed by atoms with E-state index in [9.17, 15) is 10.6 Å². The Kier molecular flexibility index (Phi) is 8.94. The molecule has 1 fully saturated rings. The van der Waals surface area contributed by atoms with Crippen LogP contribution < -0.4 is 0 Å². The number of azide groups is 1. The quantitative estimate of drug-likeness (QED) is 0.144. The van der Waals surface area contributed by atoms with E-state index in [1.807, 2.05) is 78.9 Å². The van der Waals surface area contributed by atoms with Crippen molar-refractivity contribution in [3.8, 4) is 0 Å². The Hall–Kier alpha value is -3.36. The van der Waals surface area contributed by atoms with Gasteiger partial charge in [0.15, 0.2) is 0 Å². The summed E-state index contributed by atoms with van der Waals surface area (Å²) in [4.78, 5) is 4.01. The van der Waals surface area contributed by atoms with Gasteiger partial charge in [0.2, 0.25) is 0 Å². The number of thioether (sulfide) groups is 1. The topological polar surface area (TPSA) is 96.7 Å². The van der Waals surface area contributed by atoms with Gasteiger partial charge in [-0.15, -0.1) is 0 Å². The molecule has 1 aliphatic rings. The molecule has 1 saturated heterocycles. The summed E-state index contributed by atoms with van der Waals surface area (Å²) >= 11 is 1.44. The largest absolute Gasteiger partial charge is 0.388 e. The fourth-order valence-corrected chi connectivity index (χ4v) is 5.66. The van der Waals surface area contributed by atoms with Gasteiger partial charge in [0.25, 0.3) is 0 Å². The van der Waals surface area contributed by atoms with Gasteiger partial charge in [-0.25, -0.2) is 0 Å². The zero-order valence-electron chi connectivity index (χ0n) is 20.7. The lowest BCUT2D eigenvalue weighted by molar-refractivity contribution is -0.190. The molecule has 0 aromatic heterocycles. The zero-order valence-corrected chi connectivity index (χ0v) is 21.6. The number of hydrogen-bond donors (Lipinski definition) is 1. The average Bonchev–Trinajstić information content (AvgIpc) is 2.96. The predicted octanol–water partition coefficient (Wildman–Crippen LogP) is 6.50. The van der Waals surface area contributed by atoms with E-state index >= 15 is 0 Å². The first kappa shape index (κ1) is 26.3. The number of rotatable bonds is 10. The third kappa shape index (κ3) is 6.55. The van der Waals surface area contributed by atoms with Crippen LogP contribution in [0.25, 0.3) is 21.2 Å². The van der Waals surface area contributed by atoms with Gasteiger partial charge < -0.3 is 19.3 Å². The van der Waals surface area contributed by atoms with Gasteiger partial charge in [-0.05, 0) is 45.6 Å². The van der Waals surface area contributed by atoms with Crippen molar-refractivity contribution in [3.63, 3.8) is 0 Å². The lowest BCUT2D eigenvalue weighted by Gasteiger charge is -2.42. The molecule has 0 aliphatic carbocycles. The van der Waals surface area contributed by atoms with Crippen LogP contribution in [0.5, 0.6) is 0 Å². The molecule has 1 heterocycles. The molecule has 8 heteroatoms. The molecule has 4 aromatic rings. The van der Waals surface area contributed by atoms with Gasteiger partial charge in [-0.1, -0.05) is 102 Å². The fourth-order valence-electron chi connectivity index (χ4n) is 4.54. The highest BCUT2D eigenvalue weighted by atomic mass is 32.2. The van der Waals surface area contributed by atoms with Crippen LogP contribution in [0.1, 0.15) is 11.1 Å². The maximum atomic E-state index is 11.3. The first-order chi connectivity index (χ1) is 18.7. The minimum absolute atomic E-state index is 0.161. The van der Waals surface area contributed by atoms with Crippen LogP contribution in [-0.4, -0.2) is 41.5 Å². The van der Waals surface area contributed by atoms with Crippen molar-refractivity contribution in [2.75, 3.05) is 6.61 Å². The fraction of sp³-hybridized carbons (Fsp3) is 0.267. The number of benzene rings is 4. The highest BCUT2D eigenvalue weighted by Crippen LogP contribution is 2.36. The van der Waals surface area contributed by atoms with E-state index in [1.165, 1.54) is 17.1 Å². The van der Waals surface area contributed by atoms with E-state index in [1.54, 1.807) is 0 Å². The number of fused-ring (bicyclic) bond motifs is 1. The van der Waals surface area contributed by atoms with Crippen molar-refractivity contribution < 1.29 is 19.3 Å². The number of hydrogen-bond acceptors (Lipinski definition) is 6. The van der Waals surface area contributed by atoms with E-state index in [-0.39, 0.29) is 13.2 Å². The molecule has 38 heavy (non-hydrogen) atoms. The summed E-state index contributed by atoms with van der Waals surface area (Å²) in [6.45, 7) is 0.810. The van der Waals surface area contributed by atoms with Crippen LogP contribution in [0.2, 0.25) is 0 Å². The molecular formula is C30H29N3O4S. The molecule has 0 bridgehead atoms. The Morgan fingerprint density at radius 1 is 0.842 bits per heavy atom. The van der Waals surface area contributed by atoms with Crippen molar-refractivity contribution in [1.82, 2.24) is 0 Å². The van der Waals surface area contributed by atoms with E-state index in [0.29, 0.717) is 6.61 Å². The second-order valence-corrected chi connectivity index (χ2v) is 10.3. The summed E-state index contributed by atoms with van der Waals surface area (Å²) < 4.78 is 18.5. The molecule has 0 spiro atoms. The molecule has 194 valence electrons. The predicted molar refractivity (Wildman–Crippen MR) is 149 cm³/mol. The minimum Gasteiger partial charge on any atom is -0.388 e. The summed E-state index contributed by atoms with van der Waals surface area (Å²) in [5, 5.41) is 17.6. The molecule has 0 amide bonds. The molecule has 4 aromatic carbocycles. The minimum atomic E-state index is -1.04. The van der Waals surface area contributed by atoms with Crippen LogP contribution in [-0.2, 0) is 27.4 Å². The van der Waals surface area contributed by atoms with Gasteiger partial charge in [-0.3, -0.25) is 0 Å². The average molecular weight is 528 g/mol. The Morgan fingerprint density at radius 2 is 1.55 bits per heavy atom. The van der Waals surface area contributed by atoms with E-state index in [2.05, 4.69) is 34.3 Å². The molecule has 0 radical (unpaired) electrons. The number of aliphatic hydroxyl groups excluding tert-OH is 1. The number of nitrogens with zero attached hydrogens (tertiary/aromatic N) is 3. The molecule has 5 rings (SSSR count). The zero-order chi connectivity index (χ0) is 26.2. The third-order valence-electron chi connectivity index (χ3n) is 6.47. The standard InChI is InChI=1S/C30H29N3O4S/c31-33-32-27-29(36-19-21-9-3-1-4-10-21)28(34)26(37-30(27)38-25-13-5-2-6-14-25)20-35-18-22-15-16-23-11-7-8-12-24(23)17-22/h1-17,26-30,34H,18-20H2/t26-,27-,28-,29-,30-/m1/s1. The Morgan fingerprint density at radius 3 is 2.32 bits per heavy atom. The monoisotopic (exact) mass is 527 g/mol. The highest BCUT2D eigenvalue weighted by molar-refractivity contribution is 7.99. The summed E-state index contributed by atoms with van der Waals surface area (Å²) in [5.41, 5.74) is 10.8. The lowest BCUT2D eigenvalue weighted by atomic mass is 9.98. The Bertz CT molecular complexity index is 1370. The third-order valence-corrected chi connectivity index (χ3v) is 7.64. The Balaban J connectivity index is 1.32. The van der Waals surface area contributed by atoms with Crippen molar-refractivity contribution in [2.45, 2.75) is 47.9 Å². The molecule has 0 unspecified atom stereocenters. The second-order valence-electron chi connectivity index (χ2n) is 9.12. The second kappa shape index (κ2) is 12.9. The van der Waals surface area contributed by atoms with Crippen molar-refractivity contribution >= 4 is 22.5 Å². The normalized spacial score (nSPS) is 23.1. The first-order valence-corrected chi connectivity index (χ1v) is 13.4. The van der Waals surface area contributed by atoms with Gasteiger partial charge in [0.1, 0.15) is 23.7 Å². The van der Waals surface area contributed by atoms with Gasteiger partial charge in [0, 0.05) is 9.81 Å². The number of aliphatic hydroxyl groups is 1. The SMILES string of the molecule is [N-]=[N+]=N[C@@H]1[C@@H](OCc2ccccc2)[C@H](O)[C@@H](COCc2ccc3ccccc3c2)O[C@@H]1Sc1ccccc1. The first-order valence-electron chi connectivity index (χ1n) is 12.5. The van der Waals surface area contributed by atoms with Crippen LogP contribution in [0.3, 0.4) is 0 Å². The van der Waals surface area contributed by atoms with E-state index < -0.39 is 29.8 Å². The van der Waals surface area contributed by atoms with Crippen LogP contribution in [0, 0.1) is 0 Å². The molecule has 1 aliphatic heterocycles. The summed E-state index contributed by atoms with van der Waals surface area (Å²) in [6, 6.07) is 33.1. The molecule has 7 nitrogen and oxygen atoms in total.